The van der Waals surface area contributed by atoms with Gasteiger partial charge in [0.05, 0.1) is 5.69 Å². The van der Waals surface area contributed by atoms with E-state index in [2.05, 4.69) is 15.2 Å². The minimum atomic E-state index is 0.186. The molecule has 160 valence electrons. The number of carbonyl (C=O) groups excluding carboxylic acids is 1. The molecule has 0 atom stereocenters. The van der Waals surface area contributed by atoms with Gasteiger partial charge in [-0.25, -0.2) is 9.97 Å². The molecule has 6 heteroatoms. The van der Waals surface area contributed by atoms with Crippen LogP contribution in [0, 0.1) is 5.92 Å². The molecule has 4 rings (SSSR count). The molecule has 0 spiro atoms. The van der Waals surface area contributed by atoms with Gasteiger partial charge in [0.15, 0.2) is 0 Å². The zero-order chi connectivity index (χ0) is 20.8. The number of nitrogens with zero attached hydrogens (tertiary/aromatic N) is 4. The highest BCUT2D eigenvalue weighted by Crippen LogP contribution is 2.39. The van der Waals surface area contributed by atoms with E-state index in [-0.39, 0.29) is 5.91 Å². The van der Waals surface area contributed by atoms with Crippen LogP contribution < -0.4 is 10.2 Å². The number of rotatable bonds is 7. The van der Waals surface area contributed by atoms with E-state index in [9.17, 15) is 4.79 Å². The van der Waals surface area contributed by atoms with Crippen molar-refractivity contribution in [3.8, 4) is 11.1 Å². The van der Waals surface area contributed by atoms with Crippen LogP contribution in [-0.4, -0.2) is 40.5 Å². The maximum absolute atomic E-state index is 11.8. The quantitative estimate of drug-likeness (QED) is 0.740. The first kappa shape index (κ1) is 20.8. The predicted molar refractivity (Wildman–Crippen MR) is 119 cm³/mol. The molecule has 1 amide bonds. The van der Waals surface area contributed by atoms with E-state index in [1.807, 2.05) is 37.6 Å². The van der Waals surface area contributed by atoms with Crippen LogP contribution in [0.3, 0.4) is 0 Å². The second kappa shape index (κ2) is 10.0. The van der Waals surface area contributed by atoms with E-state index in [0.29, 0.717) is 18.3 Å². The average Bonchev–Trinajstić information content (AvgIpc) is 3.34. The molecule has 2 aliphatic rings. The maximum Gasteiger partial charge on any atom is 0.225 e. The molecule has 1 N–H and O–H groups in total. The van der Waals surface area contributed by atoms with Gasteiger partial charge in [-0.05, 0) is 68.6 Å². The lowest BCUT2D eigenvalue weighted by Gasteiger charge is -2.30. The van der Waals surface area contributed by atoms with Crippen molar-refractivity contribution in [2.75, 3.05) is 24.5 Å². The van der Waals surface area contributed by atoms with Gasteiger partial charge in [0.1, 0.15) is 0 Å². The second-order valence-corrected chi connectivity index (χ2v) is 8.67. The highest BCUT2D eigenvalue weighted by Gasteiger charge is 2.27. The number of carbonyl (C=O) groups is 1. The van der Waals surface area contributed by atoms with Crippen LogP contribution in [-0.2, 0) is 4.79 Å². The molecule has 2 aromatic rings. The lowest BCUT2D eigenvalue weighted by Crippen LogP contribution is -2.31. The maximum atomic E-state index is 11.8. The van der Waals surface area contributed by atoms with Gasteiger partial charge in [-0.15, -0.1) is 0 Å². The summed E-state index contributed by atoms with van der Waals surface area (Å²) in [4.78, 5) is 28.1. The SMILES string of the molecule is CCCC(=O)NCC1CCC(c2nc(N3CCCC3)ncc2-c2ccncc2)CC1. The van der Waals surface area contributed by atoms with Crippen molar-refractivity contribution in [3.05, 3.63) is 36.4 Å². The topological polar surface area (TPSA) is 71.0 Å². The van der Waals surface area contributed by atoms with Crippen LogP contribution >= 0.6 is 0 Å². The zero-order valence-corrected chi connectivity index (χ0v) is 18.0. The summed E-state index contributed by atoms with van der Waals surface area (Å²) in [6.07, 6.45) is 14.2. The zero-order valence-electron chi connectivity index (χ0n) is 18.0. The van der Waals surface area contributed by atoms with Crippen molar-refractivity contribution >= 4 is 11.9 Å². The van der Waals surface area contributed by atoms with Gasteiger partial charge in [-0.3, -0.25) is 9.78 Å². The van der Waals surface area contributed by atoms with E-state index in [4.69, 9.17) is 9.97 Å². The van der Waals surface area contributed by atoms with Crippen LogP contribution in [0.1, 0.15) is 69.9 Å². The summed E-state index contributed by atoms with van der Waals surface area (Å²) in [5.74, 6) is 2.09. The molecule has 1 saturated heterocycles. The molecule has 1 aliphatic heterocycles. The first-order valence-corrected chi connectivity index (χ1v) is 11.5. The largest absolute Gasteiger partial charge is 0.356 e. The fourth-order valence-corrected chi connectivity index (χ4v) is 4.73. The fraction of sp³-hybridized carbons (Fsp3) is 0.583. The van der Waals surface area contributed by atoms with Gasteiger partial charge in [0.25, 0.3) is 0 Å². The van der Waals surface area contributed by atoms with Crippen molar-refractivity contribution in [1.82, 2.24) is 20.3 Å². The molecule has 1 saturated carbocycles. The Morgan fingerprint density at radius 3 is 2.57 bits per heavy atom. The summed E-state index contributed by atoms with van der Waals surface area (Å²) in [7, 11) is 0. The molecule has 6 nitrogen and oxygen atoms in total. The highest BCUT2D eigenvalue weighted by atomic mass is 16.1. The Kier molecular flexibility index (Phi) is 6.92. The molecule has 0 radical (unpaired) electrons. The number of hydrogen-bond acceptors (Lipinski definition) is 5. The Hall–Kier alpha value is -2.50. The normalized spacial score (nSPS) is 21.6. The molecule has 30 heavy (non-hydrogen) atoms. The summed E-state index contributed by atoms with van der Waals surface area (Å²) in [6.45, 7) is 4.96. The molecular weight excluding hydrogens is 374 g/mol. The van der Waals surface area contributed by atoms with Gasteiger partial charge >= 0.3 is 0 Å². The van der Waals surface area contributed by atoms with Gasteiger partial charge in [0, 0.05) is 56.1 Å². The van der Waals surface area contributed by atoms with Gasteiger partial charge < -0.3 is 10.2 Å². The molecule has 2 fully saturated rings. The third-order valence-electron chi connectivity index (χ3n) is 6.48. The van der Waals surface area contributed by atoms with E-state index < -0.39 is 0 Å². The fourth-order valence-electron chi connectivity index (χ4n) is 4.73. The average molecular weight is 408 g/mol. The number of anilines is 1. The molecule has 2 aromatic heterocycles. The molecule has 0 unspecified atom stereocenters. The van der Waals surface area contributed by atoms with Crippen LogP contribution in [0.5, 0.6) is 0 Å². The number of hydrogen-bond donors (Lipinski definition) is 1. The first-order chi connectivity index (χ1) is 14.7. The van der Waals surface area contributed by atoms with Crippen molar-refractivity contribution in [3.63, 3.8) is 0 Å². The van der Waals surface area contributed by atoms with E-state index in [1.165, 1.54) is 18.5 Å². The van der Waals surface area contributed by atoms with Crippen molar-refractivity contribution in [1.29, 1.82) is 0 Å². The smallest absolute Gasteiger partial charge is 0.225 e. The van der Waals surface area contributed by atoms with Crippen LogP contribution in [0.2, 0.25) is 0 Å². The number of nitrogens with one attached hydrogen (secondary N) is 1. The Balaban J connectivity index is 1.49. The van der Waals surface area contributed by atoms with Crippen molar-refractivity contribution in [2.45, 2.75) is 64.2 Å². The summed E-state index contributed by atoms with van der Waals surface area (Å²) in [5, 5.41) is 3.11. The molecular formula is C24H33N5O. The Morgan fingerprint density at radius 1 is 1.13 bits per heavy atom. The van der Waals surface area contributed by atoms with E-state index in [0.717, 1.165) is 68.8 Å². The van der Waals surface area contributed by atoms with Crippen LogP contribution in [0.4, 0.5) is 5.95 Å². The summed E-state index contributed by atoms with van der Waals surface area (Å²) >= 11 is 0. The van der Waals surface area contributed by atoms with Gasteiger partial charge in [0.2, 0.25) is 11.9 Å². The van der Waals surface area contributed by atoms with Crippen LogP contribution in [0.25, 0.3) is 11.1 Å². The standard InChI is InChI=1S/C24H33N5O/c1-2-5-22(30)26-16-18-6-8-20(9-7-18)23-21(19-10-12-25-13-11-19)17-27-24(28-23)29-14-3-4-15-29/h10-13,17-18,20H,2-9,14-16H2,1H3,(H,26,30). The lowest BCUT2D eigenvalue weighted by molar-refractivity contribution is -0.121. The third kappa shape index (κ3) is 4.97. The summed E-state index contributed by atoms with van der Waals surface area (Å²) in [6, 6.07) is 4.10. The number of pyridine rings is 1. The molecule has 0 aromatic carbocycles. The lowest BCUT2D eigenvalue weighted by atomic mass is 9.79. The first-order valence-electron chi connectivity index (χ1n) is 11.5. The van der Waals surface area contributed by atoms with Crippen molar-refractivity contribution < 1.29 is 4.79 Å². The minimum absolute atomic E-state index is 0.186. The van der Waals surface area contributed by atoms with E-state index >= 15 is 0 Å². The Morgan fingerprint density at radius 2 is 1.87 bits per heavy atom. The monoisotopic (exact) mass is 407 g/mol. The van der Waals surface area contributed by atoms with E-state index in [1.54, 1.807) is 0 Å². The minimum Gasteiger partial charge on any atom is -0.356 e. The molecule has 0 bridgehead atoms. The summed E-state index contributed by atoms with van der Waals surface area (Å²) in [5.41, 5.74) is 3.47. The van der Waals surface area contributed by atoms with Crippen molar-refractivity contribution in [2.24, 2.45) is 5.92 Å². The number of amides is 1. The molecule has 1 aliphatic carbocycles. The second-order valence-electron chi connectivity index (χ2n) is 8.67. The summed E-state index contributed by atoms with van der Waals surface area (Å²) < 4.78 is 0. The predicted octanol–water partition coefficient (Wildman–Crippen LogP) is 4.33. The van der Waals surface area contributed by atoms with Gasteiger partial charge in [-0.1, -0.05) is 6.92 Å². The highest BCUT2D eigenvalue weighted by molar-refractivity contribution is 5.75. The van der Waals surface area contributed by atoms with Gasteiger partial charge in [-0.2, -0.15) is 0 Å². The third-order valence-corrected chi connectivity index (χ3v) is 6.48. The molecule has 3 heterocycles. The number of aromatic nitrogens is 3. The Bertz CT molecular complexity index is 827. The van der Waals surface area contributed by atoms with Crippen LogP contribution in [0.15, 0.2) is 30.7 Å². The Labute approximate surface area is 179 Å².